The molecule has 0 unspecified atom stereocenters. The number of hydrogen-bond donors (Lipinski definition) is 0. The largest absolute Gasteiger partial charge is 0.496 e. The Bertz CT molecular complexity index is 1020. The van der Waals surface area contributed by atoms with E-state index in [0.29, 0.717) is 11.3 Å². The highest BCUT2D eigenvalue weighted by atomic mass is 16.5. The maximum Gasteiger partial charge on any atom is 0.258 e. The van der Waals surface area contributed by atoms with Crippen molar-refractivity contribution in [3.05, 3.63) is 65.7 Å². The average molecular weight is 433 g/mol. The molecule has 2 heterocycles. The fourth-order valence-electron chi connectivity index (χ4n) is 6.89. The molecule has 5 nitrogen and oxygen atoms in total. The van der Waals surface area contributed by atoms with Gasteiger partial charge >= 0.3 is 0 Å². The van der Waals surface area contributed by atoms with Crippen molar-refractivity contribution in [3.8, 4) is 5.75 Å². The number of rotatable bonds is 4. The zero-order valence-corrected chi connectivity index (χ0v) is 19.2. The second kappa shape index (κ2) is 7.95. The number of methoxy groups -OCH3 is 1. The van der Waals surface area contributed by atoms with E-state index in [1.54, 1.807) is 14.0 Å². The fraction of sp³-hybridized carbons (Fsp3) is 0.481. The lowest BCUT2D eigenvalue weighted by molar-refractivity contribution is -0.133. The summed E-state index contributed by atoms with van der Waals surface area (Å²) in [6.45, 7) is 4.00. The highest BCUT2D eigenvalue weighted by Gasteiger charge is 2.64. The van der Waals surface area contributed by atoms with Crippen LogP contribution in [0.4, 0.5) is 0 Å². The van der Waals surface area contributed by atoms with Crippen molar-refractivity contribution in [1.82, 2.24) is 9.80 Å². The molecule has 2 aliphatic heterocycles. The summed E-state index contributed by atoms with van der Waals surface area (Å²) in [5.74, 6) is 0.763. The van der Waals surface area contributed by atoms with Crippen molar-refractivity contribution >= 4 is 11.8 Å². The molecule has 2 bridgehead atoms. The highest BCUT2D eigenvalue weighted by molar-refractivity contribution is 5.97. The van der Waals surface area contributed by atoms with Gasteiger partial charge in [0.2, 0.25) is 5.91 Å². The molecule has 32 heavy (non-hydrogen) atoms. The van der Waals surface area contributed by atoms with Crippen LogP contribution in [0.2, 0.25) is 0 Å². The van der Waals surface area contributed by atoms with Gasteiger partial charge in [0.05, 0.1) is 24.8 Å². The number of hydrogen-bond acceptors (Lipinski definition) is 3. The molecule has 0 N–H and O–H groups in total. The first-order valence-corrected chi connectivity index (χ1v) is 11.7. The Balaban J connectivity index is 1.63. The number of carbonyl (C=O) groups excluding carboxylic acids is 2. The second-order valence-electron chi connectivity index (χ2n) is 9.84. The minimum atomic E-state index is -0.0700. The number of para-hydroxylation sites is 1. The summed E-state index contributed by atoms with van der Waals surface area (Å²) in [6.07, 6.45) is 4.76. The van der Waals surface area contributed by atoms with E-state index in [-0.39, 0.29) is 41.4 Å². The number of nitrogens with zero attached hydrogens (tertiary/aromatic N) is 2. The summed E-state index contributed by atoms with van der Waals surface area (Å²) in [7, 11) is 1.61. The van der Waals surface area contributed by atoms with Crippen molar-refractivity contribution in [3.63, 3.8) is 0 Å². The van der Waals surface area contributed by atoms with E-state index in [1.165, 1.54) is 5.56 Å². The molecule has 1 aliphatic carbocycles. The van der Waals surface area contributed by atoms with Gasteiger partial charge in [-0.25, -0.2) is 0 Å². The summed E-state index contributed by atoms with van der Waals surface area (Å²) in [4.78, 5) is 31.3. The Labute approximate surface area is 190 Å². The van der Waals surface area contributed by atoms with E-state index in [9.17, 15) is 9.59 Å². The number of benzene rings is 2. The standard InChI is InChI=1S/C27H32N2O3/c1-18(30)28-22-17-27(2)24(28)14-9-15-25(27)29(21(22)16-19-10-5-4-6-11-19)26(31)20-12-7-8-13-23(20)32-3/h4-8,10-13,21-22,24-25H,9,14-17H2,1-3H3/t21-,22+,24+,25-,27+/m1/s1. The van der Waals surface area contributed by atoms with Crippen LogP contribution in [-0.2, 0) is 11.2 Å². The van der Waals surface area contributed by atoms with Gasteiger partial charge in [0.25, 0.3) is 5.91 Å². The number of fused-ring (bicyclic) bond motifs is 1. The lowest BCUT2D eigenvalue weighted by Crippen LogP contribution is -2.62. The molecule has 0 spiro atoms. The maximum atomic E-state index is 14.2. The van der Waals surface area contributed by atoms with Crippen LogP contribution >= 0.6 is 0 Å². The van der Waals surface area contributed by atoms with Gasteiger partial charge in [-0.3, -0.25) is 9.59 Å². The maximum absolute atomic E-state index is 14.2. The Morgan fingerprint density at radius 2 is 1.66 bits per heavy atom. The van der Waals surface area contributed by atoms with Crippen molar-refractivity contribution in [2.75, 3.05) is 7.11 Å². The van der Waals surface area contributed by atoms with E-state index in [4.69, 9.17) is 4.74 Å². The van der Waals surface area contributed by atoms with Crippen LogP contribution in [-0.4, -0.2) is 52.9 Å². The van der Waals surface area contributed by atoms with Gasteiger partial charge in [0.15, 0.2) is 0 Å². The topological polar surface area (TPSA) is 49.9 Å². The molecular weight excluding hydrogens is 400 g/mol. The van der Waals surface area contributed by atoms with Crippen LogP contribution < -0.4 is 4.74 Å². The minimum Gasteiger partial charge on any atom is -0.496 e. The van der Waals surface area contributed by atoms with Crippen molar-refractivity contribution < 1.29 is 14.3 Å². The SMILES string of the molecule is COc1ccccc1C(=O)N1[C@H](Cc2ccccc2)[C@@H]2C[C@@]3(C)[C@H](CCC[C@@H]13)N2C(C)=O. The van der Waals surface area contributed by atoms with Gasteiger partial charge in [-0.1, -0.05) is 49.4 Å². The summed E-state index contributed by atoms with van der Waals surface area (Å²) in [5, 5.41) is 0. The first kappa shape index (κ1) is 21.0. The average Bonchev–Trinajstić information content (AvgIpc) is 3.12. The van der Waals surface area contributed by atoms with E-state index in [2.05, 4.69) is 28.9 Å². The highest BCUT2D eigenvalue weighted by Crippen LogP contribution is 2.56. The Kier molecular flexibility index (Phi) is 5.23. The van der Waals surface area contributed by atoms with Gasteiger partial charge in [-0.05, 0) is 49.8 Å². The summed E-state index contributed by atoms with van der Waals surface area (Å²) in [5.41, 5.74) is 1.73. The predicted molar refractivity (Wildman–Crippen MR) is 124 cm³/mol. The van der Waals surface area contributed by atoms with Gasteiger partial charge < -0.3 is 14.5 Å². The first-order valence-electron chi connectivity index (χ1n) is 11.7. The van der Waals surface area contributed by atoms with Gasteiger partial charge in [-0.15, -0.1) is 0 Å². The molecule has 2 aromatic rings. The summed E-state index contributed by atoms with van der Waals surface area (Å²) >= 11 is 0. The molecule has 3 aliphatic rings. The monoisotopic (exact) mass is 432 g/mol. The molecule has 5 atom stereocenters. The zero-order chi connectivity index (χ0) is 22.5. The summed E-state index contributed by atoms with van der Waals surface area (Å²) < 4.78 is 5.56. The van der Waals surface area contributed by atoms with Crippen LogP contribution in [0.25, 0.3) is 0 Å². The van der Waals surface area contributed by atoms with Gasteiger partial charge in [0, 0.05) is 24.4 Å². The Morgan fingerprint density at radius 3 is 2.34 bits per heavy atom. The third kappa shape index (κ3) is 3.13. The smallest absolute Gasteiger partial charge is 0.258 e. The van der Waals surface area contributed by atoms with E-state index >= 15 is 0 Å². The minimum absolute atomic E-state index is 0.0235. The second-order valence-corrected chi connectivity index (χ2v) is 9.84. The zero-order valence-electron chi connectivity index (χ0n) is 19.2. The Hall–Kier alpha value is -2.82. The van der Waals surface area contributed by atoms with Crippen LogP contribution in [0, 0.1) is 5.41 Å². The molecule has 2 aromatic carbocycles. The number of amides is 2. The van der Waals surface area contributed by atoms with Crippen LogP contribution in [0.5, 0.6) is 5.75 Å². The first-order chi connectivity index (χ1) is 15.5. The van der Waals surface area contributed by atoms with Gasteiger partial charge in [-0.2, -0.15) is 0 Å². The van der Waals surface area contributed by atoms with Crippen molar-refractivity contribution in [1.29, 1.82) is 0 Å². The summed E-state index contributed by atoms with van der Waals surface area (Å²) in [6, 6.07) is 18.2. The van der Waals surface area contributed by atoms with E-state index in [1.807, 2.05) is 42.5 Å². The molecule has 168 valence electrons. The number of carbonyl (C=O) groups is 2. The number of likely N-dealkylation sites (tertiary alicyclic amines) is 2. The lowest BCUT2D eigenvalue weighted by atomic mass is 9.64. The van der Waals surface area contributed by atoms with E-state index < -0.39 is 0 Å². The molecule has 5 heteroatoms. The quantitative estimate of drug-likeness (QED) is 0.723. The number of piperidine rings is 1. The lowest BCUT2D eigenvalue weighted by Gasteiger charge is -2.53. The predicted octanol–water partition coefficient (Wildman–Crippen LogP) is 4.31. The molecule has 1 saturated carbocycles. The van der Waals surface area contributed by atoms with Crippen molar-refractivity contribution in [2.24, 2.45) is 5.41 Å². The van der Waals surface area contributed by atoms with Crippen LogP contribution in [0.3, 0.4) is 0 Å². The third-order valence-corrected chi connectivity index (χ3v) is 8.18. The fourth-order valence-corrected chi connectivity index (χ4v) is 6.89. The normalized spacial score (nSPS) is 30.8. The van der Waals surface area contributed by atoms with Crippen LogP contribution in [0.1, 0.15) is 55.5 Å². The Morgan fingerprint density at radius 1 is 1.00 bits per heavy atom. The van der Waals surface area contributed by atoms with Crippen LogP contribution in [0.15, 0.2) is 54.6 Å². The third-order valence-electron chi connectivity index (χ3n) is 8.18. The molecule has 2 saturated heterocycles. The molecule has 0 aromatic heterocycles. The molecular formula is C27H32N2O3. The van der Waals surface area contributed by atoms with Crippen molar-refractivity contribution in [2.45, 2.75) is 70.1 Å². The van der Waals surface area contributed by atoms with Gasteiger partial charge in [0.1, 0.15) is 5.75 Å². The van der Waals surface area contributed by atoms with E-state index in [0.717, 1.165) is 32.1 Å². The molecule has 0 radical (unpaired) electrons. The molecule has 5 rings (SSSR count). The number of ether oxygens (including phenoxy) is 1. The molecule has 3 fully saturated rings. The molecule has 2 amide bonds.